The summed E-state index contributed by atoms with van der Waals surface area (Å²) >= 11 is 0. The average Bonchev–Trinajstić information content (AvgIpc) is 1.99. The molecular formula is C8H12N2O. The summed E-state index contributed by atoms with van der Waals surface area (Å²) in [4.78, 5) is 0. The van der Waals surface area contributed by atoms with Crippen molar-refractivity contribution in [3.05, 3.63) is 24.1 Å². The van der Waals surface area contributed by atoms with Crippen LogP contribution in [0.5, 0.6) is 0 Å². The Kier molecular flexibility index (Phi) is 1.81. The molecule has 0 spiro atoms. The number of rotatable bonds is 2. The maximum Gasteiger partial charge on any atom is 0.123 e. The first kappa shape index (κ1) is 6.73. The van der Waals surface area contributed by atoms with Crippen LogP contribution in [0.2, 0.25) is 0 Å². The molecule has 0 aromatic rings. The predicted octanol–water partition coefficient (Wildman–Crippen LogP) is -0.0244. The highest BCUT2D eigenvalue weighted by atomic mass is 16.5. The molecule has 2 aliphatic rings. The molecule has 3 nitrogen and oxygen atoms in total. The third-order valence-corrected chi connectivity index (χ3v) is 1.83. The molecule has 0 saturated carbocycles. The average molecular weight is 152 g/mol. The molecule has 0 unspecified atom stereocenters. The van der Waals surface area contributed by atoms with E-state index in [1.165, 1.54) is 0 Å². The van der Waals surface area contributed by atoms with E-state index in [2.05, 4.69) is 16.7 Å². The molecule has 11 heavy (non-hydrogen) atoms. The first-order chi connectivity index (χ1) is 5.45. The van der Waals surface area contributed by atoms with Gasteiger partial charge in [-0.15, -0.1) is 0 Å². The van der Waals surface area contributed by atoms with Crippen LogP contribution in [-0.2, 0) is 4.74 Å². The number of allylic oxidation sites excluding steroid dienone is 1. The van der Waals surface area contributed by atoms with Gasteiger partial charge in [-0.2, -0.15) is 0 Å². The second-order valence-corrected chi connectivity index (χ2v) is 2.75. The lowest BCUT2D eigenvalue weighted by Crippen LogP contribution is -2.48. The first-order valence-electron chi connectivity index (χ1n) is 3.92. The Bertz CT molecular complexity index is 194. The lowest BCUT2D eigenvalue weighted by atomic mass is 10.2. The molecule has 0 aliphatic carbocycles. The van der Waals surface area contributed by atoms with Crippen LogP contribution in [0.3, 0.4) is 0 Å². The quantitative estimate of drug-likeness (QED) is 0.583. The number of hydrogen-bond donors (Lipinski definition) is 2. The Morgan fingerprint density at radius 1 is 1.45 bits per heavy atom. The third-order valence-electron chi connectivity index (χ3n) is 1.83. The van der Waals surface area contributed by atoms with Gasteiger partial charge in [0.15, 0.2) is 0 Å². The van der Waals surface area contributed by atoms with Crippen LogP contribution in [0.25, 0.3) is 0 Å². The van der Waals surface area contributed by atoms with Crippen LogP contribution in [-0.4, -0.2) is 25.7 Å². The molecule has 3 heteroatoms. The Morgan fingerprint density at radius 3 is 2.91 bits per heavy atom. The molecule has 1 fully saturated rings. The maximum atomic E-state index is 5.60. The minimum Gasteiger partial charge on any atom is -0.488 e. The number of ether oxygens (including phenoxy) is 1. The van der Waals surface area contributed by atoms with Crippen molar-refractivity contribution in [2.45, 2.75) is 6.10 Å². The Morgan fingerprint density at radius 2 is 2.36 bits per heavy atom. The Labute approximate surface area is 66.1 Å². The lowest BCUT2D eigenvalue weighted by molar-refractivity contribution is 0.0777. The second kappa shape index (κ2) is 2.96. The molecule has 2 heterocycles. The third kappa shape index (κ3) is 1.54. The van der Waals surface area contributed by atoms with Gasteiger partial charge in [0.05, 0.1) is 0 Å². The van der Waals surface area contributed by atoms with Gasteiger partial charge in [-0.05, 0) is 12.2 Å². The Hall–Kier alpha value is -0.960. The van der Waals surface area contributed by atoms with Gasteiger partial charge in [-0.1, -0.05) is 0 Å². The molecule has 0 aromatic heterocycles. The molecule has 0 atom stereocenters. The molecule has 1 saturated heterocycles. The smallest absolute Gasteiger partial charge is 0.123 e. The monoisotopic (exact) mass is 152 g/mol. The van der Waals surface area contributed by atoms with Crippen molar-refractivity contribution in [3.63, 3.8) is 0 Å². The highest BCUT2D eigenvalue weighted by Crippen LogP contribution is 2.08. The first-order valence-corrected chi connectivity index (χ1v) is 3.92. The van der Waals surface area contributed by atoms with Crippen molar-refractivity contribution in [1.82, 2.24) is 10.6 Å². The lowest BCUT2D eigenvalue weighted by Gasteiger charge is -2.28. The van der Waals surface area contributed by atoms with E-state index in [4.69, 9.17) is 4.74 Å². The second-order valence-electron chi connectivity index (χ2n) is 2.75. The largest absolute Gasteiger partial charge is 0.488 e. The van der Waals surface area contributed by atoms with E-state index in [9.17, 15) is 0 Å². The van der Waals surface area contributed by atoms with Crippen molar-refractivity contribution in [1.29, 1.82) is 0 Å². The molecule has 2 aliphatic heterocycles. The molecule has 60 valence electrons. The summed E-state index contributed by atoms with van der Waals surface area (Å²) in [5.74, 6) is 0.996. The van der Waals surface area contributed by atoms with Gasteiger partial charge in [0.1, 0.15) is 11.9 Å². The van der Waals surface area contributed by atoms with Crippen molar-refractivity contribution >= 4 is 0 Å². The van der Waals surface area contributed by atoms with Gasteiger partial charge >= 0.3 is 0 Å². The summed E-state index contributed by atoms with van der Waals surface area (Å²) in [5.41, 5.74) is 0. The summed E-state index contributed by atoms with van der Waals surface area (Å²) in [7, 11) is 0. The summed E-state index contributed by atoms with van der Waals surface area (Å²) in [5, 5.41) is 6.23. The maximum absolute atomic E-state index is 5.60. The van der Waals surface area contributed by atoms with Crippen molar-refractivity contribution in [2.24, 2.45) is 0 Å². The highest BCUT2D eigenvalue weighted by molar-refractivity contribution is 5.16. The molecule has 2 N–H and O–H groups in total. The standard InChI is InChI=1S/C8H12N2O/c1-3-9-4-2-7(1)11-8-5-10-6-8/h1-3,8-10H,4-6H2. The van der Waals surface area contributed by atoms with Gasteiger partial charge < -0.3 is 15.4 Å². The van der Waals surface area contributed by atoms with Crippen LogP contribution in [0.4, 0.5) is 0 Å². The van der Waals surface area contributed by atoms with Crippen LogP contribution in [0.1, 0.15) is 0 Å². The zero-order valence-corrected chi connectivity index (χ0v) is 6.34. The summed E-state index contributed by atoms with van der Waals surface area (Å²) in [6.45, 7) is 2.85. The molecule has 0 radical (unpaired) electrons. The van der Waals surface area contributed by atoms with Crippen LogP contribution < -0.4 is 10.6 Å². The number of dihydropyridines is 1. The molecule has 0 bridgehead atoms. The number of nitrogens with one attached hydrogen (secondary N) is 2. The van der Waals surface area contributed by atoms with Crippen LogP contribution in [0, 0.1) is 0 Å². The van der Waals surface area contributed by atoms with Crippen LogP contribution in [0.15, 0.2) is 24.1 Å². The van der Waals surface area contributed by atoms with E-state index >= 15 is 0 Å². The van der Waals surface area contributed by atoms with Gasteiger partial charge in [0, 0.05) is 25.8 Å². The fourth-order valence-corrected chi connectivity index (χ4v) is 1.06. The summed E-state index contributed by atoms with van der Waals surface area (Å²) in [6.07, 6.45) is 6.32. The van der Waals surface area contributed by atoms with Crippen LogP contribution >= 0.6 is 0 Å². The molecule has 0 aromatic carbocycles. The highest BCUT2D eigenvalue weighted by Gasteiger charge is 2.18. The van der Waals surface area contributed by atoms with E-state index in [0.29, 0.717) is 6.10 Å². The van der Waals surface area contributed by atoms with Crippen molar-refractivity contribution in [3.8, 4) is 0 Å². The number of hydrogen-bond acceptors (Lipinski definition) is 3. The van der Waals surface area contributed by atoms with E-state index in [1.54, 1.807) is 0 Å². The van der Waals surface area contributed by atoms with E-state index in [0.717, 1.165) is 25.4 Å². The fourth-order valence-electron chi connectivity index (χ4n) is 1.06. The fraction of sp³-hybridized carbons (Fsp3) is 0.500. The van der Waals surface area contributed by atoms with Gasteiger partial charge in [-0.25, -0.2) is 0 Å². The molecule has 0 amide bonds. The zero-order chi connectivity index (χ0) is 7.52. The van der Waals surface area contributed by atoms with Gasteiger partial charge in [0.25, 0.3) is 0 Å². The molecule has 2 rings (SSSR count). The van der Waals surface area contributed by atoms with Crippen molar-refractivity contribution < 1.29 is 4.74 Å². The molecular weight excluding hydrogens is 140 g/mol. The van der Waals surface area contributed by atoms with E-state index < -0.39 is 0 Å². The summed E-state index contributed by atoms with van der Waals surface area (Å²) < 4.78 is 5.60. The topological polar surface area (TPSA) is 33.3 Å². The van der Waals surface area contributed by atoms with Gasteiger partial charge in [-0.3, -0.25) is 0 Å². The summed E-state index contributed by atoms with van der Waals surface area (Å²) in [6, 6.07) is 0. The Balaban J connectivity index is 1.84. The zero-order valence-electron chi connectivity index (χ0n) is 6.34. The van der Waals surface area contributed by atoms with Crippen molar-refractivity contribution in [2.75, 3.05) is 19.6 Å². The predicted molar refractivity (Wildman–Crippen MR) is 43.0 cm³/mol. The van der Waals surface area contributed by atoms with Gasteiger partial charge in [0.2, 0.25) is 0 Å². The SMILES string of the molecule is C1=CC(OC2CNC2)=CCN1. The van der Waals surface area contributed by atoms with E-state index in [-0.39, 0.29) is 0 Å². The minimum absolute atomic E-state index is 0.393. The minimum atomic E-state index is 0.393. The normalized spacial score (nSPS) is 23.5. The van der Waals surface area contributed by atoms with E-state index in [1.807, 2.05) is 12.3 Å².